The Kier molecular flexibility index (Phi) is 7.12. The van der Waals surface area contributed by atoms with Gasteiger partial charge in [0.05, 0.1) is 0 Å². The van der Waals surface area contributed by atoms with E-state index in [1.165, 1.54) is 5.56 Å². The lowest BCUT2D eigenvalue weighted by Crippen LogP contribution is -2.42. The molecule has 1 aromatic heterocycles. The Morgan fingerprint density at radius 3 is 2.50 bits per heavy atom. The van der Waals surface area contributed by atoms with Crippen LogP contribution in [0.3, 0.4) is 0 Å². The van der Waals surface area contributed by atoms with Gasteiger partial charge in [0.25, 0.3) is 5.91 Å². The standard InChI is InChI=1S/C26H27N3O3/c30-23(27-17-7-12-20-10-3-1-4-11-20)16-9-19-29-25-22(15-8-18-28-25)32-24(26(29)31)21-13-5-2-6-14-21/h1-6,8,10-11,13-15,18,24H,7,9,12,16-17,19H2,(H,27,30)/t24-/m0/s1. The first-order valence-electron chi connectivity index (χ1n) is 11.0. The van der Waals surface area contributed by atoms with Crippen molar-refractivity contribution in [2.75, 3.05) is 18.0 Å². The third kappa shape index (κ3) is 5.32. The van der Waals surface area contributed by atoms with E-state index in [4.69, 9.17) is 4.74 Å². The Labute approximate surface area is 188 Å². The van der Waals surface area contributed by atoms with Crippen molar-refractivity contribution in [2.24, 2.45) is 0 Å². The molecular formula is C26H27N3O3. The Balaban J connectivity index is 1.29. The average molecular weight is 430 g/mol. The highest BCUT2D eigenvalue weighted by Gasteiger charge is 2.36. The summed E-state index contributed by atoms with van der Waals surface area (Å²) in [6.45, 7) is 1.05. The van der Waals surface area contributed by atoms with Crippen molar-refractivity contribution in [2.45, 2.75) is 31.8 Å². The minimum Gasteiger partial charge on any atom is -0.472 e. The molecule has 6 heteroatoms. The third-order valence-corrected chi connectivity index (χ3v) is 5.44. The number of aromatic nitrogens is 1. The lowest BCUT2D eigenvalue weighted by molar-refractivity contribution is -0.127. The normalized spacial score (nSPS) is 15.1. The van der Waals surface area contributed by atoms with Gasteiger partial charge in [-0.25, -0.2) is 4.98 Å². The fraction of sp³-hybridized carbons (Fsp3) is 0.269. The van der Waals surface area contributed by atoms with Crippen LogP contribution in [-0.2, 0) is 16.0 Å². The van der Waals surface area contributed by atoms with Crippen molar-refractivity contribution >= 4 is 17.6 Å². The fourth-order valence-corrected chi connectivity index (χ4v) is 3.81. The summed E-state index contributed by atoms with van der Waals surface area (Å²) in [7, 11) is 0. The van der Waals surface area contributed by atoms with E-state index in [0.717, 1.165) is 18.4 Å². The minimum atomic E-state index is -0.709. The zero-order chi connectivity index (χ0) is 22.2. The van der Waals surface area contributed by atoms with Gasteiger partial charge in [-0.15, -0.1) is 0 Å². The number of aryl methyl sites for hydroxylation is 1. The molecule has 0 bridgehead atoms. The number of carbonyl (C=O) groups is 2. The molecule has 4 rings (SSSR count). The van der Waals surface area contributed by atoms with Crippen LogP contribution in [-0.4, -0.2) is 29.9 Å². The highest BCUT2D eigenvalue weighted by Crippen LogP contribution is 2.37. The monoisotopic (exact) mass is 429 g/mol. The highest BCUT2D eigenvalue weighted by atomic mass is 16.5. The maximum atomic E-state index is 13.2. The summed E-state index contributed by atoms with van der Waals surface area (Å²) in [5.74, 6) is 0.921. The first-order valence-corrected chi connectivity index (χ1v) is 11.0. The van der Waals surface area contributed by atoms with Crippen LogP contribution >= 0.6 is 0 Å². The largest absolute Gasteiger partial charge is 0.472 e. The van der Waals surface area contributed by atoms with E-state index >= 15 is 0 Å². The van der Waals surface area contributed by atoms with Gasteiger partial charge in [-0.05, 0) is 37.0 Å². The third-order valence-electron chi connectivity index (χ3n) is 5.44. The molecule has 2 amide bonds. The summed E-state index contributed by atoms with van der Waals surface area (Å²) >= 11 is 0. The number of carbonyl (C=O) groups excluding carboxylic acids is 2. The molecule has 0 unspecified atom stereocenters. The van der Waals surface area contributed by atoms with Gasteiger partial charge in [0.2, 0.25) is 12.0 Å². The van der Waals surface area contributed by atoms with E-state index < -0.39 is 6.10 Å². The minimum absolute atomic E-state index is 0.000348. The number of rotatable bonds is 9. The molecule has 1 N–H and O–H groups in total. The number of anilines is 1. The number of pyridine rings is 1. The van der Waals surface area contributed by atoms with Crippen molar-refractivity contribution in [3.05, 3.63) is 90.1 Å². The second-order valence-electron chi connectivity index (χ2n) is 7.77. The maximum Gasteiger partial charge on any atom is 0.274 e. The number of amides is 2. The molecular weight excluding hydrogens is 402 g/mol. The Morgan fingerprint density at radius 2 is 1.72 bits per heavy atom. The van der Waals surface area contributed by atoms with E-state index in [1.54, 1.807) is 17.2 Å². The Morgan fingerprint density at radius 1 is 0.969 bits per heavy atom. The SMILES string of the molecule is O=C(CCCN1C(=O)[C@H](c2ccccc2)Oc2cccnc21)NCCCc1ccccc1. The van der Waals surface area contributed by atoms with E-state index in [1.807, 2.05) is 54.6 Å². The number of nitrogens with zero attached hydrogens (tertiary/aromatic N) is 2. The van der Waals surface area contributed by atoms with E-state index in [0.29, 0.717) is 37.5 Å². The predicted molar refractivity (Wildman–Crippen MR) is 123 cm³/mol. The number of nitrogens with one attached hydrogen (secondary N) is 1. The average Bonchev–Trinajstić information content (AvgIpc) is 2.84. The first-order chi connectivity index (χ1) is 15.7. The van der Waals surface area contributed by atoms with Crippen molar-refractivity contribution < 1.29 is 14.3 Å². The van der Waals surface area contributed by atoms with Crippen molar-refractivity contribution in [1.82, 2.24) is 10.3 Å². The molecule has 164 valence electrons. The second-order valence-corrected chi connectivity index (χ2v) is 7.77. The van der Waals surface area contributed by atoms with Gasteiger partial charge in [0.1, 0.15) is 0 Å². The van der Waals surface area contributed by atoms with Gasteiger partial charge >= 0.3 is 0 Å². The molecule has 0 aliphatic carbocycles. The smallest absolute Gasteiger partial charge is 0.274 e. The number of ether oxygens (including phenoxy) is 1. The summed E-state index contributed by atoms with van der Waals surface area (Å²) in [6, 6.07) is 23.3. The topological polar surface area (TPSA) is 71.5 Å². The van der Waals surface area contributed by atoms with Gasteiger partial charge in [0.15, 0.2) is 11.6 Å². The molecule has 2 heterocycles. The second kappa shape index (κ2) is 10.6. The fourth-order valence-electron chi connectivity index (χ4n) is 3.81. The van der Waals surface area contributed by atoms with Crippen LogP contribution < -0.4 is 15.0 Å². The zero-order valence-corrected chi connectivity index (χ0v) is 17.9. The molecule has 0 radical (unpaired) electrons. The summed E-state index contributed by atoms with van der Waals surface area (Å²) in [4.78, 5) is 31.4. The molecule has 3 aromatic rings. The molecule has 2 aromatic carbocycles. The number of fused-ring (bicyclic) bond motifs is 1. The molecule has 6 nitrogen and oxygen atoms in total. The van der Waals surface area contributed by atoms with Crippen LogP contribution in [0.4, 0.5) is 5.82 Å². The number of hydrogen-bond acceptors (Lipinski definition) is 4. The van der Waals surface area contributed by atoms with Gasteiger partial charge in [-0.2, -0.15) is 0 Å². The predicted octanol–water partition coefficient (Wildman–Crippen LogP) is 4.08. The van der Waals surface area contributed by atoms with E-state index in [9.17, 15) is 9.59 Å². The summed E-state index contributed by atoms with van der Waals surface area (Å²) in [5.41, 5.74) is 2.07. The molecule has 0 fully saturated rings. The first kappa shape index (κ1) is 21.6. The van der Waals surface area contributed by atoms with Crippen LogP contribution in [0.15, 0.2) is 79.0 Å². The van der Waals surface area contributed by atoms with Gasteiger partial charge in [0, 0.05) is 31.3 Å². The molecule has 1 aliphatic heterocycles. The van der Waals surface area contributed by atoms with Crippen molar-refractivity contribution in [1.29, 1.82) is 0 Å². The quantitative estimate of drug-likeness (QED) is 0.521. The molecule has 0 saturated heterocycles. The van der Waals surface area contributed by atoms with E-state index in [2.05, 4.69) is 22.4 Å². The lowest BCUT2D eigenvalue weighted by Gasteiger charge is -2.33. The van der Waals surface area contributed by atoms with Crippen molar-refractivity contribution in [3.8, 4) is 5.75 Å². The molecule has 1 atom stereocenters. The van der Waals surface area contributed by atoms with Crippen LogP contribution in [0.25, 0.3) is 0 Å². The molecule has 32 heavy (non-hydrogen) atoms. The van der Waals surface area contributed by atoms with Crippen LogP contribution in [0.2, 0.25) is 0 Å². The summed E-state index contributed by atoms with van der Waals surface area (Å²) in [5, 5.41) is 2.97. The summed E-state index contributed by atoms with van der Waals surface area (Å²) < 4.78 is 5.96. The van der Waals surface area contributed by atoms with Crippen molar-refractivity contribution in [3.63, 3.8) is 0 Å². The van der Waals surface area contributed by atoms with Gasteiger partial charge in [-0.1, -0.05) is 60.7 Å². The lowest BCUT2D eigenvalue weighted by atomic mass is 10.1. The van der Waals surface area contributed by atoms with Crippen LogP contribution in [0.1, 0.15) is 36.5 Å². The molecule has 1 aliphatic rings. The highest BCUT2D eigenvalue weighted by molar-refractivity contribution is 5.99. The number of hydrogen-bond donors (Lipinski definition) is 1. The summed E-state index contributed by atoms with van der Waals surface area (Å²) in [6.07, 6.45) is 3.67. The molecule has 0 saturated carbocycles. The zero-order valence-electron chi connectivity index (χ0n) is 17.9. The van der Waals surface area contributed by atoms with Gasteiger partial charge in [-0.3, -0.25) is 14.5 Å². The van der Waals surface area contributed by atoms with Crippen LogP contribution in [0, 0.1) is 0 Å². The number of benzene rings is 2. The Hall–Kier alpha value is -3.67. The van der Waals surface area contributed by atoms with Gasteiger partial charge < -0.3 is 10.1 Å². The van der Waals surface area contributed by atoms with Crippen LogP contribution in [0.5, 0.6) is 5.75 Å². The van der Waals surface area contributed by atoms with E-state index in [-0.39, 0.29) is 11.8 Å². The maximum absolute atomic E-state index is 13.2. The molecule has 0 spiro atoms. The Bertz CT molecular complexity index is 1040.